The van der Waals surface area contributed by atoms with E-state index in [4.69, 9.17) is 13.9 Å². The van der Waals surface area contributed by atoms with Crippen molar-refractivity contribution in [2.45, 2.75) is 26.4 Å². The Morgan fingerprint density at radius 2 is 1.97 bits per heavy atom. The van der Waals surface area contributed by atoms with E-state index in [-0.39, 0.29) is 40.6 Å². The third-order valence-corrected chi connectivity index (χ3v) is 5.42. The molecule has 3 rings (SSSR count). The van der Waals surface area contributed by atoms with Crippen molar-refractivity contribution in [1.29, 1.82) is 0 Å². The molecule has 2 aromatic heterocycles. The molecule has 0 fully saturated rings. The maximum atomic E-state index is 13.6. The second-order valence-corrected chi connectivity index (χ2v) is 9.95. The maximum Gasteiger partial charge on any atom is 0.446 e. The maximum absolute atomic E-state index is 13.6. The Bertz CT molecular complexity index is 1350. The molecule has 34 heavy (non-hydrogen) atoms. The van der Waals surface area contributed by atoms with Crippen LogP contribution in [0.4, 0.5) is 15.0 Å². The van der Waals surface area contributed by atoms with Gasteiger partial charge in [0, 0.05) is 13.1 Å². The van der Waals surface area contributed by atoms with Gasteiger partial charge >= 0.3 is 22.1 Å². The molecule has 17 heteroatoms. The van der Waals surface area contributed by atoms with Gasteiger partial charge in [-0.25, -0.2) is 27.9 Å². The Morgan fingerprint density at radius 3 is 2.65 bits per heavy atom. The summed E-state index contributed by atoms with van der Waals surface area (Å²) in [5, 5.41) is 13.8. The predicted molar refractivity (Wildman–Crippen MR) is 118 cm³/mol. The molecule has 3 N–H and O–H groups in total. The van der Waals surface area contributed by atoms with Crippen molar-refractivity contribution in [1.82, 2.24) is 29.5 Å². The highest BCUT2D eigenvalue weighted by Gasteiger charge is 2.24. The first kappa shape index (κ1) is 25.3. The van der Waals surface area contributed by atoms with E-state index in [1.807, 2.05) is 0 Å². The molecular formula is C17H19BrFN7O7S. The van der Waals surface area contributed by atoms with Gasteiger partial charge in [-0.2, -0.15) is 13.1 Å². The SMILES string of the molecule is CC(C)(C)OC(=O)NS(=O)(=O)NCCNc1nonc1-c1noc(=O)n1-c1ccc(F)c(Br)c1. The van der Waals surface area contributed by atoms with E-state index < -0.39 is 33.5 Å². The molecule has 0 radical (unpaired) electrons. The second kappa shape index (κ2) is 9.90. The summed E-state index contributed by atoms with van der Waals surface area (Å²) in [6.07, 6.45) is -1.13. The van der Waals surface area contributed by atoms with Crippen LogP contribution >= 0.6 is 15.9 Å². The van der Waals surface area contributed by atoms with Crippen LogP contribution in [0, 0.1) is 5.82 Å². The Kier molecular flexibility index (Phi) is 7.37. The first-order valence-corrected chi connectivity index (χ1v) is 11.8. The molecule has 0 aliphatic rings. The number of aromatic nitrogens is 4. The lowest BCUT2D eigenvalue weighted by Gasteiger charge is -2.19. The van der Waals surface area contributed by atoms with Gasteiger partial charge in [0.15, 0.2) is 5.69 Å². The van der Waals surface area contributed by atoms with Crippen molar-refractivity contribution in [2.75, 3.05) is 18.4 Å². The van der Waals surface area contributed by atoms with Crippen LogP contribution in [0.15, 0.2) is 36.6 Å². The molecule has 0 atom stereocenters. The van der Waals surface area contributed by atoms with E-state index >= 15 is 0 Å². The first-order valence-electron chi connectivity index (χ1n) is 9.47. The number of halogens is 2. The minimum atomic E-state index is -4.19. The number of hydrogen-bond donors (Lipinski definition) is 3. The minimum Gasteiger partial charge on any atom is -0.443 e. The number of nitrogens with zero attached hydrogens (tertiary/aromatic N) is 4. The van der Waals surface area contributed by atoms with Crippen molar-refractivity contribution in [2.24, 2.45) is 0 Å². The quantitative estimate of drug-likeness (QED) is 0.338. The fourth-order valence-corrected chi connectivity index (χ4v) is 3.58. The molecule has 0 saturated heterocycles. The van der Waals surface area contributed by atoms with Gasteiger partial charge in [-0.3, -0.25) is 4.52 Å². The summed E-state index contributed by atoms with van der Waals surface area (Å²) in [5.74, 6) is -1.49. The van der Waals surface area contributed by atoms with E-state index in [1.165, 1.54) is 12.1 Å². The molecule has 0 saturated carbocycles. The summed E-state index contributed by atoms with van der Waals surface area (Å²) in [4.78, 5) is 23.8. The lowest BCUT2D eigenvalue weighted by atomic mass is 10.2. The molecule has 0 aliphatic carbocycles. The van der Waals surface area contributed by atoms with Gasteiger partial charge in [-0.1, -0.05) is 5.16 Å². The van der Waals surface area contributed by atoms with Gasteiger partial charge < -0.3 is 10.1 Å². The van der Waals surface area contributed by atoms with Gasteiger partial charge in [-0.15, -0.1) is 0 Å². The average Bonchev–Trinajstić information content (AvgIpc) is 3.31. The van der Waals surface area contributed by atoms with E-state index in [2.05, 4.69) is 41.4 Å². The summed E-state index contributed by atoms with van der Waals surface area (Å²) in [7, 11) is -4.19. The zero-order chi connectivity index (χ0) is 25.1. The highest BCUT2D eigenvalue weighted by molar-refractivity contribution is 9.10. The Balaban J connectivity index is 1.67. The molecule has 1 aromatic carbocycles. The van der Waals surface area contributed by atoms with E-state index in [1.54, 1.807) is 25.5 Å². The number of ether oxygens (including phenoxy) is 1. The highest BCUT2D eigenvalue weighted by Crippen LogP contribution is 2.26. The average molecular weight is 564 g/mol. The number of rotatable bonds is 8. The molecule has 2 heterocycles. The number of hydrogen-bond acceptors (Lipinski definition) is 11. The van der Waals surface area contributed by atoms with Gasteiger partial charge in [-0.05, 0) is 65.2 Å². The number of carbonyl (C=O) groups excluding carboxylic acids is 1. The van der Waals surface area contributed by atoms with Crippen molar-refractivity contribution in [3.05, 3.63) is 39.0 Å². The van der Waals surface area contributed by atoms with E-state index in [9.17, 15) is 22.4 Å². The Hall–Kier alpha value is -3.31. The topological polar surface area (TPSA) is 183 Å². The van der Waals surface area contributed by atoms with Crippen molar-refractivity contribution < 1.29 is 31.5 Å². The predicted octanol–water partition coefficient (Wildman–Crippen LogP) is 1.55. The van der Waals surface area contributed by atoms with Crippen LogP contribution in [0.5, 0.6) is 0 Å². The monoisotopic (exact) mass is 563 g/mol. The largest absolute Gasteiger partial charge is 0.446 e. The Labute approximate surface area is 200 Å². The summed E-state index contributed by atoms with van der Waals surface area (Å²) >= 11 is 3.04. The first-order chi connectivity index (χ1) is 15.9. The summed E-state index contributed by atoms with van der Waals surface area (Å²) in [6, 6.07) is 3.81. The number of amides is 1. The van der Waals surface area contributed by atoms with Crippen LogP contribution in [0.2, 0.25) is 0 Å². The van der Waals surface area contributed by atoms with Crippen LogP contribution in [0.3, 0.4) is 0 Å². The van der Waals surface area contributed by atoms with Crippen LogP contribution in [-0.4, -0.2) is 53.2 Å². The highest BCUT2D eigenvalue weighted by atomic mass is 79.9. The normalized spacial score (nSPS) is 11.9. The lowest BCUT2D eigenvalue weighted by Crippen LogP contribution is -2.44. The molecule has 3 aromatic rings. The van der Waals surface area contributed by atoms with Crippen LogP contribution in [-0.2, 0) is 14.9 Å². The number of benzene rings is 1. The zero-order valence-electron chi connectivity index (χ0n) is 18.0. The van der Waals surface area contributed by atoms with Gasteiger partial charge in [0.1, 0.15) is 11.4 Å². The third kappa shape index (κ3) is 6.39. The Morgan fingerprint density at radius 1 is 1.24 bits per heavy atom. The number of carbonyl (C=O) groups is 1. The molecule has 1 amide bonds. The number of nitrogens with one attached hydrogen (secondary N) is 3. The molecule has 0 spiro atoms. The van der Waals surface area contributed by atoms with Crippen molar-refractivity contribution >= 4 is 38.1 Å². The summed E-state index contributed by atoms with van der Waals surface area (Å²) in [5.41, 5.74) is -0.672. The second-order valence-electron chi connectivity index (χ2n) is 7.60. The smallest absolute Gasteiger partial charge is 0.443 e. The summed E-state index contributed by atoms with van der Waals surface area (Å²) < 4.78 is 56.7. The zero-order valence-corrected chi connectivity index (χ0v) is 20.4. The van der Waals surface area contributed by atoms with E-state index in [0.29, 0.717) is 0 Å². The van der Waals surface area contributed by atoms with Crippen LogP contribution < -0.4 is 20.5 Å². The third-order valence-electron chi connectivity index (χ3n) is 3.79. The fraction of sp³-hybridized carbons (Fsp3) is 0.353. The van der Waals surface area contributed by atoms with Crippen molar-refractivity contribution in [3.8, 4) is 17.2 Å². The van der Waals surface area contributed by atoms with Crippen molar-refractivity contribution in [3.63, 3.8) is 0 Å². The van der Waals surface area contributed by atoms with Crippen LogP contribution in [0.1, 0.15) is 20.8 Å². The standard InChI is InChI=1S/C17H19BrFN7O7S/c1-17(2,3)31-15(27)25-34(29,30)21-7-6-20-13-12(22-33-23-13)14-24-32-16(28)26(14)9-4-5-11(19)10(18)8-9/h4-5,8,21H,6-7H2,1-3H3,(H,20,23)(H,25,27). The van der Waals surface area contributed by atoms with Gasteiger partial charge in [0.05, 0.1) is 10.2 Å². The molecule has 184 valence electrons. The van der Waals surface area contributed by atoms with Gasteiger partial charge in [0.2, 0.25) is 11.6 Å². The summed E-state index contributed by atoms with van der Waals surface area (Å²) in [6.45, 7) is 4.55. The van der Waals surface area contributed by atoms with Crippen LogP contribution in [0.25, 0.3) is 17.2 Å². The number of anilines is 1. The van der Waals surface area contributed by atoms with E-state index in [0.717, 1.165) is 10.6 Å². The molecule has 0 unspecified atom stereocenters. The molecule has 0 bridgehead atoms. The molecule has 14 nitrogen and oxygen atoms in total. The fourth-order valence-electron chi connectivity index (χ4n) is 2.51. The molecule has 0 aliphatic heterocycles. The molecular weight excluding hydrogens is 545 g/mol. The minimum absolute atomic E-state index is 0.0162. The van der Waals surface area contributed by atoms with Gasteiger partial charge in [0.25, 0.3) is 0 Å². The lowest BCUT2D eigenvalue weighted by molar-refractivity contribution is 0.0569.